The lowest BCUT2D eigenvalue weighted by atomic mass is 10.1. The number of phenols is 1. The highest BCUT2D eigenvalue weighted by Crippen LogP contribution is 2.26. The van der Waals surface area contributed by atoms with Gasteiger partial charge in [-0.05, 0) is 42.3 Å². The Balaban J connectivity index is 2.08. The number of rotatable bonds is 3. The maximum atomic E-state index is 9.30. The zero-order chi connectivity index (χ0) is 12.3. The number of nitrogens with zero attached hydrogens (tertiary/aromatic N) is 1. The van der Waals surface area contributed by atoms with Crippen molar-refractivity contribution in [3.63, 3.8) is 0 Å². The van der Waals surface area contributed by atoms with Crippen molar-refractivity contribution in [3.05, 3.63) is 52.8 Å². The summed E-state index contributed by atoms with van der Waals surface area (Å²) in [6.07, 6.45) is 3.61. The first kappa shape index (κ1) is 11.7. The van der Waals surface area contributed by atoms with E-state index >= 15 is 0 Å². The van der Waals surface area contributed by atoms with Gasteiger partial charge in [0.05, 0.1) is 5.02 Å². The van der Waals surface area contributed by atoms with Crippen molar-refractivity contribution in [1.82, 2.24) is 4.98 Å². The van der Waals surface area contributed by atoms with Crippen LogP contribution in [0.15, 0.2) is 36.7 Å². The van der Waals surface area contributed by atoms with Gasteiger partial charge in [0, 0.05) is 24.6 Å². The van der Waals surface area contributed by atoms with E-state index < -0.39 is 0 Å². The van der Waals surface area contributed by atoms with Crippen molar-refractivity contribution < 1.29 is 5.11 Å². The monoisotopic (exact) mass is 248 g/mol. The molecule has 4 heteroatoms. The lowest BCUT2D eigenvalue weighted by Crippen LogP contribution is -2.01. The minimum absolute atomic E-state index is 0.0924. The maximum Gasteiger partial charge on any atom is 0.134 e. The molecule has 0 saturated heterocycles. The van der Waals surface area contributed by atoms with Crippen LogP contribution in [-0.2, 0) is 6.54 Å². The molecule has 0 amide bonds. The van der Waals surface area contributed by atoms with Gasteiger partial charge in [-0.25, -0.2) is 0 Å². The molecule has 0 aliphatic rings. The van der Waals surface area contributed by atoms with Gasteiger partial charge in [-0.1, -0.05) is 11.6 Å². The summed E-state index contributed by atoms with van der Waals surface area (Å²) in [5.41, 5.74) is 3.20. The van der Waals surface area contributed by atoms with Crippen molar-refractivity contribution in [2.75, 3.05) is 5.32 Å². The molecule has 0 fully saturated rings. The highest BCUT2D eigenvalue weighted by Gasteiger charge is 2.01. The molecule has 3 nitrogen and oxygen atoms in total. The lowest BCUT2D eigenvalue weighted by molar-refractivity contribution is 0.475. The minimum atomic E-state index is 0.0924. The Morgan fingerprint density at radius 1 is 1.35 bits per heavy atom. The molecule has 1 heterocycles. The molecule has 0 spiro atoms. The summed E-state index contributed by atoms with van der Waals surface area (Å²) in [4.78, 5) is 4.08. The van der Waals surface area contributed by atoms with Gasteiger partial charge in [0.25, 0.3) is 0 Å². The number of hydrogen-bond donors (Lipinski definition) is 2. The zero-order valence-corrected chi connectivity index (χ0v) is 10.2. The van der Waals surface area contributed by atoms with Gasteiger partial charge >= 0.3 is 0 Å². The van der Waals surface area contributed by atoms with E-state index in [1.54, 1.807) is 24.4 Å². The number of aromatic nitrogens is 1. The number of benzene rings is 1. The first-order chi connectivity index (χ1) is 8.16. The van der Waals surface area contributed by atoms with E-state index in [-0.39, 0.29) is 5.75 Å². The third-order valence-corrected chi connectivity index (χ3v) is 2.88. The minimum Gasteiger partial charge on any atom is -0.506 e. The van der Waals surface area contributed by atoms with Crippen LogP contribution < -0.4 is 5.32 Å². The van der Waals surface area contributed by atoms with E-state index in [0.29, 0.717) is 11.6 Å². The molecule has 2 rings (SSSR count). The summed E-state index contributed by atoms with van der Waals surface area (Å²) in [6.45, 7) is 2.73. The number of phenolic OH excluding ortho intramolecular Hbond substituents is 1. The molecule has 0 saturated carbocycles. The van der Waals surface area contributed by atoms with E-state index in [1.165, 1.54) is 5.56 Å². The van der Waals surface area contributed by atoms with Crippen LogP contribution in [0.1, 0.15) is 11.1 Å². The lowest BCUT2D eigenvalue weighted by Gasteiger charge is -2.09. The Morgan fingerprint density at radius 2 is 2.18 bits per heavy atom. The Morgan fingerprint density at radius 3 is 2.88 bits per heavy atom. The Labute approximate surface area is 105 Å². The van der Waals surface area contributed by atoms with Crippen molar-refractivity contribution in [2.45, 2.75) is 13.5 Å². The number of nitrogens with one attached hydrogen (secondary N) is 1. The second-order valence-corrected chi connectivity index (χ2v) is 4.23. The molecule has 88 valence electrons. The van der Waals surface area contributed by atoms with Crippen LogP contribution in [0.3, 0.4) is 0 Å². The fraction of sp³-hybridized carbons (Fsp3) is 0.154. The van der Waals surface area contributed by atoms with E-state index in [0.717, 1.165) is 11.3 Å². The third kappa shape index (κ3) is 2.88. The summed E-state index contributed by atoms with van der Waals surface area (Å²) in [7, 11) is 0. The average Bonchev–Trinajstić information content (AvgIpc) is 2.32. The SMILES string of the molecule is Cc1ccncc1CNc1ccc(O)c(Cl)c1. The van der Waals surface area contributed by atoms with Crippen molar-refractivity contribution in [1.29, 1.82) is 0 Å². The summed E-state index contributed by atoms with van der Waals surface area (Å²) in [5.74, 6) is 0.0924. The van der Waals surface area contributed by atoms with E-state index in [9.17, 15) is 5.11 Å². The smallest absolute Gasteiger partial charge is 0.134 e. The Hall–Kier alpha value is -1.74. The van der Waals surface area contributed by atoms with Crippen LogP contribution in [0.2, 0.25) is 5.02 Å². The van der Waals surface area contributed by atoms with Crippen LogP contribution in [-0.4, -0.2) is 10.1 Å². The predicted octanol–water partition coefficient (Wildman–Crippen LogP) is 3.36. The van der Waals surface area contributed by atoms with Gasteiger partial charge in [0.1, 0.15) is 5.75 Å². The van der Waals surface area contributed by atoms with E-state index in [4.69, 9.17) is 11.6 Å². The highest BCUT2D eigenvalue weighted by molar-refractivity contribution is 6.32. The van der Waals surface area contributed by atoms with Gasteiger partial charge in [0.2, 0.25) is 0 Å². The summed E-state index contributed by atoms with van der Waals surface area (Å²) < 4.78 is 0. The third-order valence-electron chi connectivity index (χ3n) is 2.58. The molecular formula is C13H13ClN2O. The molecule has 2 aromatic rings. The van der Waals surface area contributed by atoms with E-state index in [2.05, 4.69) is 10.3 Å². The van der Waals surface area contributed by atoms with Crippen LogP contribution in [0, 0.1) is 6.92 Å². The quantitative estimate of drug-likeness (QED) is 0.819. The number of anilines is 1. The molecule has 1 aromatic carbocycles. The fourth-order valence-electron chi connectivity index (χ4n) is 1.50. The van der Waals surface area contributed by atoms with Crippen molar-refractivity contribution in [3.8, 4) is 5.75 Å². The molecular weight excluding hydrogens is 236 g/mol. The standard InChI is InChI=1S/C13H13ClN2O/c1-9-4-5-15-7-10(9)8-16-11-2-3-13(17)12(14)6-11/h2-7,16-17H,8H2,1H3. The van der Waals surface area contributed by atoms with Gasteiger partial charge in [-0.3, -0.25) is 4.98 Å². The molecule has 0 unspecified atom stereocenters. The second-order valence-electron chi connectivity index (χ2n) is 3.82. The first-order valence-corrected chi connectivity index (χ1v) is 5.66. The summed E-state index contributed by atoms with van der Waals surface area (Å²) in [6, 6.07) is 7.02. The van der Waals surface area contributed by atoms with Gasteiger partial charge < -0.3 is 10.4 Å². The molecule has 0 atom stereocenters. The van der Waals surface area contributed by atoms with E-state index in [1.807, 2.05) is 19.2 Å². The normalized spacial score (nSPS) is 10.2. The number of aromatic hydroxyl groups is 1. The molecule has 0 aliphatic heterocycles. The average molecular weight is 249 g/mol. The van der Waals surface area contributed by atoms with Crippen LogP contribution in [0.4, 0.5) is 5.69 Å². The topological polar surface area (TPSA) is 45.2 Å². The van der Waals surface area contributed by atoms with Crippen molar-refractivity contribution in [2.24, 2.45) is 0 Å². The summed E-state index contributed by atoms with van der Waals surface area (Å²) in [5, 5.41) is 12.9. The molecule has 2 N–H and O–H groups in total. The first-order valence-electron chi connectivity index (χ1n) is 5.28. The van der Waals surface area contributed by atoms with Gasteiger partial charge in [0.15, 0.2) is 0 Å². The number of hydrogen-bond acceptors (Lipinski definition) is 3. The molecule has 0 bridgehead atoms. The van der Waals surface area contributed by atoms with Crippen molar-refractivity contribution >= 4 is 17.3 Å². The van der Waals surface area contributed by atoms with Crippen LogP contribution in [0.5, 0.6) is 5.75 Å². The maximum absolute atomic E-state index is 9.30. The van der Waals surface area contributed by atoms with Gasteiger partial charge in [-0.15, -0.1) is 0 Å². The number of pyridine rings is 1. The molecule has 0 radical (unpaired) electrons. The second kappa shape index (κ2) is 5.06. The predicted molar refractivity (Wildman–Crippen MR) is 69.4 cm³/mol. The van der Waals surface area contributed by atoms with Crippen LogP contribution >= 0.6 is 11.6 Å². The largest absolute Gasteiger partial charge is 0.506 e. The molecule has 0 aliphatic carbocycles. The molecule has 1 aromatic heterocycles. The number of halogens is 1. The molecule has 17 heavy (non-hydrogen) atoms. The Bertz CT molecular complexity index is 529. The van der Waals surface area contributed by atoms with Gasteiger partial charge in [-0.2, -0.15) is 0 Å². The fourth-order valence-corrected chi connectivity index (χ4v) is 1.68. The summed E-state index contributed by atoms with van der Waals surface area (Å²) >= 11 is 5.82. The Kier molecular flexibility index (Phi) is 3.49. The zero-order valence-electron chi connectivity index (χ0n) is 9.44. The highest BCUT2D eigenvalue weighted by atomic mass is 35.5. The van der Waals surface area contributed by atoms with Crippen LogP contribution in [0.25, 0.3) is 0 Å². The number of aryl methyl sites for hydroxylation is 1.